The first kappa shape index (κ1) is 15.5. The highest BCUT2D eigenvalue weighted by Crippen LogP contribution is 2.41. The number of nitrogens with zero attached hydrogens (tertiary/aromatic N) is 1. The average Bonchev–Trinajstić information content (AvgIpc) is 3.14. The first-order valence-corrected chi connectivity index (χ1v) is 7.73. The largest absolute Gasteiger partial charge is 0.343 e. The Morgan fingerprint density at radius 2 is 1.44 bits per heavy atom. The van der Waals surface area contributed by atoms with Crippen molar-refractivity contribution in [3.05, 3.63) is 0 Å². The Balaban J connectivity index is 0.000000771. The van der Waals surface area contributed by atoms with Gasteiger partial charge in [-0.05, 0) is 42.9 Å². The molecule has 0 radical (unpaired) electrons. The number of carbonyl (C=O) groups excluding carboxylic acids is 1. The predicted octanol–water partition coefficient (Wildman–Crippen LogP) is 4.10. The van der Waals surface area contributed by atoms with Gasteiger partial charge in [-0.15, -0.1) is 0 Å². The second-order valence-electron chi connectivity index (χ2n) is 6.79. The lowest BCUT2D eigenvalue weighted by Crippen LogP contribution is -2.40. The average molecular weight is 253 g/mol. The maximum atomic E-state index is 12.0. The van der Waals surface area contributed by atoms with Crippen LogP contribution < -0.4 is 0 Å². The van der Waals surface area contributed by atoms with Crippen LogP contribution in [-0.2, 0) is 4.79 Å². The van der Waals surface area contributed by atoms with E-state index >= 15 is 0 Å². The van der Waals surface area contributed by atoms with E-state index in [1.165, 1.54) is 25.7 Å². The lowest BCUT2D eigenvalue weighted by Gasteiger charge is -2.33. The van der Waals surface area contributed by atoms with Crippen molar-refractivity contribution >= 4 is 5.91 Å². The van der Waals surface area contributed by atoms with E-state index in [0.717, 1.165) is 24.9 Å². The molecule has 0 bridgehead atoms. The number of likely N-dealkylation sites (tertiary alicyclic amines) is 1. The van der Waals surface area contributed by atoms with Crippen LogP contribution >= 0.6 is 0 Å². The molecule has 0 N–H and O–H groups in total. The Bertz CT molecular complexity index is 255. The molecule has 0 aromatic rings. The summed E-state index contributed by atoms with van der Waals surface area (Å²) >= 11 is 0. The van der Waals surface area contributed by atoms with Crippen LogP contribution in [0.5, 0.6) is 0 Å². The number of hydrogen-bond donors (Lipinski definition) is 0. The van der Waals surface area contributed by atoms with Crippen molar-refractivity contribution in [2.24, 2.45) is 17.3 Å². The molecule has 1 saturated carbocycles. The van der Waals surface area contributed by atoms with Crippen LogP contribution in [0.3, 0.4) is 0 Å². The molecule has 1 amide bonds. The van der Waals surface area contributed by atoms with Crippen molar-refractivity contribution in [3.8, 4) is 0 Å². The number of carbonyl (C=O) groups is 1. The van der Waals surface area contributed by atoms with E-state index in [1.54, 1.807) is 0 Å². The quantitative estimate of drug-likeness (QED) is 0.725. The van der Waals surface area contributed by atoms with Gasteiger partial charge in [-0.25, -0.2) is 0 Å². The highest BCUT2D eigenvalue weighted by Gasteiger charge is 2.34. The molecule has 0 unspecified atom stereocenters. The van der Waals surface area contributed by atoms with Gasteiger partial charge in [0.2, 0.25) is 5.91 Å². The molecular formula is C16H31NO. The minimum Gasteiger partial charge on any atom is -0.343 e. The molecule has 106 valence electrons. The lowest BCUT2D eigenvalue weighted by molar-refractivity contribution is -0.134. The fraction of sp³-hybridized carbons (Fsp3) is 0.938. The third-order valence-electron chi connectivity index (χ3n) is 3.86. The normalized spacial score (nSPS) is 21.3. The Morgan fingerprint density at radius 3 is 1.83 bits per heavy atom. The van der Waals surface area contributed by atoms with Crippen LogP contribution in [0.4, 0.5) is 0 Å². The molecule has 2 fully saturated rings. The van der Waals surface area contributed by atoms with Crippen LogP contribution in [-0.4, -0.2) is 23.9 Å². The molecule has 2 aliphatic rings. The van der Waals surface area contributed by atoms with Crippen molar-refractivity contribution in [2.45, 2.75) is 66.7 Å². The van der Waals surface area contributed by atoms with Gasteiger partial charge in [0, 0.05) is 19.5 Å². The summed E-state index contributed by atoms with van der Waals surface area (Å²) in [5, 5.41) is 0. The molecule has 18 heavy (non-hydrogen) atoms. The van der Waals surface area contributed by atoms with E-state index in [0.29, 0.717) is 12.3 Å². The molecule has 0 aromatic carbocycles. The zero-order valence-corrected chi connectivity index (χ0v) is 13.0. The smallest absolute Gasteiger partial charge is 0.223 e. The van der Waals surface area contributed by atoms with E-state index in [4.69, 9.17) is 0 Å². The first-order valence-electron chi connectivity index (χ1n) is 7.73. The van der Waals surface area contributed by atoms with Gasteiger partial charge >= 0.3 is 0 Å². The summed E-state index contributed by atoms with van der Waals surface area (Å²) < 4.78 is 0. The molecule has 0 aromatic heterocycles. The molecule has 1 heterocycles. The molecule has 1 aliphatic carbocycles. The van der Waals surface area contributed by atoms with Gasteiger partial charge in [0.1, 0.15) is 0 Å². The monoisotopic (exact) mass is 253 g/mol. The van der Waals surface area contributed by atoms with Gasteiger partial charge < -0.3 is 4.90 Å². The number of rotatable bonds is 2. The first-order chi connectivity index (χ1) is 8.46. The minimum absolute atomic E-state index is 0.129. The molecule has 1 aliphatic heterocycles. The molecule has 2 rings (SSSR count). The summed E-state index contributed by atoms with van der Waals surface area (Å²) in [7, 11) is 0. The van der Waals surface area contributed by atoms with E-state index in [2.05, 4.69) is 25.7 Å². The van der Waals surface area contributed by atoms with Crippen molar-refractivity contribution in [1.29, 1.82) is 0 Å². The highest BCUT2D eigenvalue weighted by atomic mass is 16.2. The molecule has 0 atom stereocenters. The van der Waals surface area contributed by atoms with Gasteiger partial charge in [-0.2, -0.15) is 0 Å². The highest BCUT2D eigenvalue weighted by molar-refractivity contribution is 5.76. The SMILES string of the molecule is CC.CC(C)(C)CC(=O)N1CCC(C2CC2)CC1. The third-order valence-corrected chi connectivity index (χ3v) is 3.86. The number of amides is 1. The fourth-order valence-corrected chi connectivity index (χ4v) is 2.75. The Labute approximate surface area is 113 Å². The topological polar surface area (TPSA) is 20.3 Å². The molecule has 0 spiro atoms. The van der Waals surface area contributed by atoms with Gasteiger partial charge in [-0.1, -0.05) is 34.6 Å². The summed E-state index contributed by atoms with van der Waals surface area (Å²) in [5.74, 6) is 2.31. The van der Waals surface area contributed by atoms with Gasteiger partial charge in [0.05, 0.1) is 0 Å². The maximum Gasteiger partial charge on any atom is 0.223 e. The van der Waals surface area contributed by atoms with Crippen LogP contribution in [0.15, 0.2) is 0 Å². The van der Waals surface area contributed by atoms with E-state index < -0.39 is 0 Å². The van der Waals surface area contributed by atoms with Crippen molar-refractivity contribution in [2.75, 3.05) is 13.1 Å². The summed E-state index contributed by atoms with van der Waals surface area (Å²) in [5.41, 5.74) is 0.129. The standard InChI is InChI=1S/C14H25NO.C2H6/c1-14(2,3)10-13(16)15-8-6-12(7-9-15)11-4-5-11;1-2/h11-12H,4-10H2,1-3H3;1-2H3. The van der Waals surface area contributed by atoms with Gasteiger partial charge in [0.25, 0.3) is 0 Å². The van der Waals surface area contributed by atoms with Crippen molar-refractivity contribution in [3.63, 3.8) is 0 Å². The Hall–Kier alpha value is -0.530. The number of piperidine rings is 1. The van der Waals surface area contributed by atoms with Crippen molar-refractivity contribution in [1.82, 2.24) is 4.90 Å². The summed E-state index contributed by atoms with van der Waals surface area (Å²) in [6.07, 6.45) is 6.09. The van der Waals surface area contributed by atoms with Gasteiger partial charge in [0.15, 0.2) is 0 Å². The van der Waals surface area contributed by atoms with Gasteiger partial charge in [-0.3, -0.25) is 4.79 Å². The van der Waals surface area contributed by atoms with E-state index in [9.17, 15) is 4.79 Å². The van der Waals surface area contributed by atoms with Crippen LogP contribution in [0.1, 0.15) is 66.7 Å². The maximum absolute atomic E-state index is 12.0. The zero-order valence-electron chi connectivity index (χ0n) is 13.0. The summed E-state index contributed by atoms with van der Waals surface area (Å²) in [4.78, 5) is 14.1. The third kappa shape index (κ3) is 4.99. The van der Waals surface area contributed by atoms with E-state index in [-0.39, 0.29) is 5.41 Å². The minimum atomic E-state index is 0.129. The van der Waals surface area contributed by atoms with E-state index in [1.807, 2.05) is 13.8 Å². The van der Waals surface area contributed by atoms with Crippen molar-refractivity contribution < 1.29 is 4.79 Å². The molecule has 2 heteroatoms. The summed E-state index contributed by atoms with van der Waals surface area (Å²) in [6, 6.07) is 0. The van der Waals surface area contributed by atoms with Crippen LogP contribution in [0.2, 0.25) is 0 Å². The Morgan fingerprint density at radius 1 is 1.00 bits per heavy atom. The fourth-order valence-electron chi connectivity index (χ4n) is 2.75. The Kier molecular flexibility index (Phi) is 5.68. The summed E-state index contributed by atoms with van der Waals surface area (Å²) in [6.45, 7) is 12.4. The molecule has 2 nitrogen and oxygen atoms in total. The molecule has 1 saturated heterocycles. The van der Waals surface area contributed by atoms with Crippen LogP contribution in [0.25, 0.3) is 0 Å². The van der Waals surface area contributed by atoms with Crippen LogP contribution in [0, 0.1) is 17.3 Å². The predicted molar refractivity (Wildman–Crippen MR) is 77.4 cm³/mol. The second kappa shape index (κ2) is 6.58. The zero-order chi connectivity index (χ0) is 13.8. The molecular weight excluding hydrogens is 222 g/mol. The number of hydrogen-bond acceptors (Lipinski definition) is 1. The lowest BCUT2D eigenvalue weighted by atomic mass is 9.89. The second-order valence-corrected chi connectivity index (χ2v) is 6.79.